The molecule has 4 nitrogen and oxygen atoms in total. The van der Waals surface area contributed by atoms with Crippen LogP contribution in [-0.2, 0) is 11.3 Å². The summed E-state index contributed by atoms with van der Waals surface area (Å²) >= 11 is 0. The van der Waals surface area contributed by atoms with Crippen LogP contribution < -0.4 is 10.6 Å². The number of piperidine rings is 1. The Balaban J connectivity index is 1.36. The Morgan fingerprint density at radius 2 is 1.96 bits per heavy atom. The van der Waals surface area contributed by atoms with E-state index < -0.39 is 0 Å². The molecule has 1 unspecified atom stereocenters. The molecule has 2 aromatic rings. The van der Waals surface area contributed by atoms with Crippen LogP contribution in [0.1, 0.15) is 24.8 Å². The van der Waals surface area contributed by atoms with Crippen molar-refractivity contribution >= 4 is 11.6 Å². The lowest BCUT2D eigenvalue weighted by atomic mass is 9.96. The Morgan fingerprint density at radius 3 is 2.78 bits per heavy atom. The summed E-state index contributed by atoms with van der Waals surface area (Å²) in [5.74, 6) is -0.0454. The number of carbonyl (C=O) groups is 1. The summed E-state index contributed by atoms with van der Waals surface area (Å²) in [6.45, 7) is 3.91. The Hall–Kier alpha value is -2.40. The molecule has 1 saturated heterocycles. The fourth-order valence-electron chi connectivity index (χ4n) is 3.54. The van der Waals surface area contributed by atoms with Crippen molar-refractivity contribution in [2.45, 2.75) is 25.8 Å². The van der Waals surface area contributed by atoms with E-state index in [1.165, 1.54) is 6.07 Å². The Bertz CT molecular complexity index is 723. The summed E-state index contributed by atoms with van der Waals surface area (Å²) in [6, 6.07) is 16.8. The summed E-state index contributed by atoms with van der Waals surface area (Å²) < 4.78 is 13.3. The molecule has 0 aromatic heterocycles. The van der Waals surface area contributed by atoms with Crippen molar-refractivity contribution < 1.29 is 9.18 Å². The predicted octanol–water partition coefficient (Wildman–Crippen LogP) is 3.66. The highest BCUT2D eigenvalue weighted by Crippen LogP contribution is 2.19. The third-order valence-electron chi connectivity index (χ3n) is 4.93. The molecule has 0 bridgehead atoms. The number of para-hydroxylation sites is 1. The number of benzene rings is 2. The highest BCUT2D eigenvalue weighted by molar-refractivity contribution is 5.78. The van der Waals surface area contributed by atoms with E-state index in [-0.39, 0.29) is 17.6 Å². The largest absolute Gasteiger partial charge is 0.385 e. The first-order valence-electron chi connectivity index (χ1n) is 9.74. The number of halogens is 1. The number of nitrogens with zero attached hydrogens (tertiary/aromatic N) is 1. The maximum absolute atomic E-state index is 13.3. The molecular formula is C22H28FN3O. The van der Waals surface area contributed by atoms with Crippen LogP contribution in [0.5, 0.6) is 0 Å². The first-order chi connectivity index (χ1) is 13.2. The van der Waals surface area contributed by atoms with E-state index in [1.54, 1.807) is 12.1 Å². The zero-order valence-electron chi connectivity index (χ0n) is 15.7. The average Bonchev–Trinajstić information content (AvgIpc) is 2.68. The molecule has 3 rings (SSSR count). The summed E-state index contributed by atoms with van der Waals surface area (Å²) in [5, 5.41) is 6.41. The first kappa shape index (κ1) is 19.4. The third kappa shape index (κ3) is 6.36. The first-order valence-corrected chi connectivity index (χ1v) is 9.74. The van der Waals surface area contributed by atoms with Gasteiger partial charge in [-0.1, -0.05) is 30.3 Å². The molecule has 0 radical (unpaired) electrons. The Kier molecular flexibility index (Phi) is 7.22. The second kappa shape index (κ2) is 10.1. The zero-order valence-corrected chi connectivity index (χ0v) is 15.7. The minimum absolute atomic E-state index is 0.0226. The van der Waals surface area contributed by atoms with Crippen LogP contribution in [0.4, 0.5) is 10.1 Å². The standard InChI is InChI=1S/C22H28FN3O/c23-20-9-4-7-18(15-20)16-26-14-5-8-19(17-26)22(27)25-13-6-12-24-21-10-2-1-3-11-21/h1-4,7,9-11,15,19,24H,5-6,8,12-14,16-17H2,(H,25,27). The van der Waals surface area contributed by atoms with E-state index in [4.69, 9.17) is 0 Å². The molecule has 1 atom stereocenters. The fourth-order valence-corrected chi connectivity index (χ4v) is 3.54. The number of likely N-dealkylation sites (tertiary alicyclic amines) is 1. The van der Waals surface area contributed by atoms with Crippen molar-refractivity contribution in [1.29, 1.82) is 0 Å². The lowest BCUT2D eigenvalue weighted by molar-refractivity contribution is -0.126. The molecule has 2 N–H and O–H groups in total. The van der Waals surface area contributed by atoms with E-state index >= 15 is 0 Å². The summed E-state index contributed by atoms with van der Waals surface area (Å²) in [7, 11) is 0. The van der Waals surface area contributed by atoms with Gasteiger partial charge in [0.1, 0.15) is 5.82 Å². The Labute approximate surface area is 160 Å². The van der Waals surface area contributed by atoms with Crippen molar-refractivity contribution in [2.75, 3.05) is 31.5 Å². The number of nitrogens with one attached hydrogen (secondary N) is 2. The average molecular weight is 369 g/mol. The van der Waals surface area contributed by atoms with Gasteiger partial charge in [0.2, 0.25) is 5.91 Å². The lowest BCUT2D eigenvalue weighted by Gasteiger charge is -2.32. The number of hydrogen-bond donors (Lipinski definition) is 2. The number of hydrogen-bond acceptors (Lipinski definition) is 3. The zero-order chi connectivity index (χ0) is 18.9. The molecule has 2 aromatic carbocycles. The van der Waals surface area contributed by atoms with Crippen LogP contribution in [-0.4, -0.2) is 37.0 Å². The molecule has 5 heteroatoms. The molecule has 1 heterocycles. The maximum atomic E-state index is 13.3. The van der Waals surface area contributed by atoms with E-state index in [0.717, 1.165) is 50.1 Å². The van der Waals surface area contributed by atoms with Gasteiger partial charge >= 0.3 is 0 Å². The van der Waals surface area contributed by atoms with E-state index in [2.05, 4.69) is 15.5 Å². The summed E-state index contributed by atoms with van der Waals surface area (Å²) in [6.07, 6.45) is 2.82. The van der Waals surface area contributed by atoms with Gasteiger partial charge in [-0.25, -0.2) is 4.39 Å². The fraction of sp³-hybridized carbons (Fsp3) is 0.409. The van der Waals surface area contributed by atoms with Gasteiger partial charge < -0.3 is 10.6 Å². The maximum Gasteiger partial charge on any atom is 0.224 e. The van der Waals surface area contributed by atoms with Crippen molar-refractivity contribution in [3.8, 4) is 0 Å². The number of rotatable bonds is 8. The SMILES string of the molecule is O=C(NCCCNc1ccccc1)C1CCCN(Cc2cccc(F)c2)C1. The molecule has 0 spiro atoms. The van der Waals surface area contributed by atoms with E-state index in [0.29, 0.717) is 13.1 Å². The molecule has 1 amide bonds. The van der Waals surface area contributed by atoms with Gasteiger partial charge in [0.05, 0.1) is 5.92 Å². The highest BCUT2D eigenvalue weighted by atomic mass is 19.1. The van der Waals surface area contributed by atoms with Crippen molar-refractivity contribution in [2.24, 2.45) is 5.92 Å². The van der Waals surface area contributed by atoms with Gasteiger partial charge in [-0.05, 0) is 55.6 Å². The Morgan fingerprint density at radius 1 is 1.11 bits per heavy atom. The highest BCUT2D eigenvalue weighted by Gasteiger charge is 2.25. The molecular weight excluding hydrogens is 341 g/mol. The van der Waals surface area contributed by atoms with Crippen molar-refractivity contribution in [3.63, 3.8) is 0 Å². The monoisotopic (exact) mass is 369 g/mol. The molecule has 144 valence electrons. The minimum Gasteiger partial charge on any atom is -0.385 e. The van der Waals surface area contributed by atoms with Crippen LogP contribution in [0.2, 0.25) is 0 Å². The summed E-state index contributed by atoms with van der Waals surface area (Å²) in [4.78, 5) is 14.7. The van der Waals surface area contributed by atoms with Gasteiger partial charge in [-0.2, -0.15) is 0 Å². The molecule has 0 aliphatic carbocycles. The van der Waals surface area contributed by atoms with Gasteiger partial charge in [0.25, 0.3) is 0 Å². The van der Waals surface area contributed by atoms with Gasteiger partial charge in [0.15, 0.2) is 0 Å². The van der Waals surface area contributed by atoms with Gasteiger partial charge in [0, 0.05) is 31.9 Å². The van der Waals surface area contributed by atoms with Crippen molar-refractivity contribution in [3.05, 3.63) is 66.0 Å². The predicted molar refractivity (Wildman–Crippen MR) is 107 cm³/mol. The van der Waals surface area contributed by atoms with Crippen LogP contribution in [0.25, 0.3) is 0 Å². The second-order valence-corrected chi connectivity index (χ2v) is 7.14. The number of amides is 1. The summed E-state index contributed by atoms with van der Waals surface area (Å²) in [5.41, 5.74) is 2.06. The molecule has 0 saturated carbocycles. The van der Waals surface area contributed by atoms with Gasteiger partial charge in [-0.3, -0.25) is 9.69 Å². The van der Waals surface area contributed by atoms with E-state index in [9.17, 15) is 9.18 Å². The lowest BCUT2D eigenvalue weighted by Crippen LogP contribution is -2.43. The van der Waals surface area contributed by atoms with Crippen molar-refractivity contribution in [1.82, 2.24) is 10.2 Å². The molecule has 1 aliphatic rings. The molecule has 1 aliphatic heterocycles. The van der Waals surface area contributed by atoms with Crippen LogP contribution in [0.3, 0.4) is 0 Å². The normalized spacial score (nSPS) is 17.4. The topological polar surface area (TPSA) is 44.4 Å². The molecule has 1 fully saturated rings. The number of carbonyl (C=O) groups excluding carboxylic acids is 1. The van der Waals surface area contributed by atoms with Crippen LogP contribution in [0, 0.1) is 11.7 Å². The quantitative estimate of drug-likeness (QED) is 0.698. The molecule has 27 heavy (non-hydrogen) atoms. The minimum atomic E-state index is -0.206. The second-order valence-electron chi connectivity index (χ2n) is 7.14. The van der Waals surface area contributed by atoms with Gasteiger partial charge in [-0.15, -0.1) is 0 Å². The third-order valence-corrected chi connectivity index (χ3v) is 4.93. The van der Waals surface area contributed by atoms with Crippen LogP contribution >= 0.6 is 0 Å². The number of anilines is 1. The smallest absolute Gasteiger partial charge is 0.224 e. The van der Waals surface area contributed by atoms with E-state index in [1.807, 2.05) is 36.4 Å². The van der Waals surface area contributed by atoms with Crippen LogP contribution in [0.15, 0.2) is 54.6 Å².